The average molecular weight is 306 g/mol. The van der Waals surface area contributed by atoms with Crippen LogP contribution in [-0.2, 0) is 16.1 Å². The number of halogens is 1. The predicted molar refractivity (Wildman–Crippen MR) is 79.7 cm³/mol. The zero-order valence-electron chi connectivity index (χ0n) is 12.4. The van der Waals surface area contributed by atoms with Crippen molar-refractivity contribution in [1.29, 1.82) is 0 Å². The van der Waals surface area contributed by atoms with Gasteiger partial charge in [-0.1, -0.05) is 0 Å². The largest absolute Gasteiger partial charge is 0.368 e. The summed E-state index contributed by atoms with van der Waals surface area (Å²) in [7, 11) is 1.56. The Morgan fingerprint density at radius 1 is 1.45 bits per heavy atom. The van der Waals surface area contributed by atoms with E-state index in [0.29, 0.717) is 29.7 Å². The molecule has 0 spiro atoms. The maximum absolute atomic E-state index is 13.2. The van der Waals surface area contributed by atoms with Crippen molar-refractivity contribution in [3.8, 4) is 0 Å². The molecule has 118 valence electrons. The minimum atomic E-state index is -0.774. The van der Waals surface area contributed by atoms with Crippen molar-refractivity contribution < 1.29 is 13.9 Å². The van der Waals surface area contributed by atoms with E-state index in [-0.39, 0.29) is 18.3 Å². The topological polar surface area (TPSA) is 79.0 Å². The number of imidazole rings is 1. The monoisotopic (exact) mass is 306 g/mol. The van der Waals surface area contributed by atoms with Crippen LogP contribution in [0.4, 0.5) is 4.39 Å². The Labute approximate surface area is 127 Å². The molecular formula is C15H19FN4O2. The molecule has 1 aliphatic rings. The van der Waals surface area contributed by atoms with Crippen LogP contribution in [0.25, 0.3) is 11.0 Å². The number of piperidine rings is 1. The van der Waals surface area contributed by atoms with Crippen LogP contribution in [0.3, 0.4) is 0 Å². The minimum absolute atomic E-state index is 0.136. The number of carbonyl (C=O) groups excluding carboxylic acids is 1. The van der Waals surface area contributed by atoms with Crippen LogP contribution in [0.2, 0.25) is 0 Å². The number of benzene rings is 1. The fourth-order valence-electron chi connectivity index (χ4n) is 2.80. The van der Waals surface area contributed by atoms with Crippen LogP contribution in [-0.4, -0.2) is 41.7 Å². The maximum atomic E-state index is 13.2. The van der Waals surface area contributed by atoms with Crippen LogP contribution < -0.4 is 10.6 Å². The van der Waals surface area contributed by atoms with Gasteiger partial charge < -0.3 is 20.4 Å². The van der Waals surface area contributed by atoms with Gasteiger partial charge in [0.25, 0.3) is 5.91 Å². The van der Waals surface area contributed by atoms with Crippen LogP contribution in [0, 0.1) is 5.82 Å². The molecule has 2 aromatic rings. The first-order valence-electron chi connectivity index (χ1n) is 7.31. The molecule has 1 fully saturated rings. The summed E-state index contributed by atoms with van der Waals surface area (Å²) in [5.41, 5.74) is 0.519. The third-order valence-corrected chi connectivity index (χ3v) is 4.13. The number of carbonyl (C=O) groups is 1. The number of H-pyrrole nitrogens is 1. The molecule has 0 bridgehead atoms. The Morgan fingerprint density at radius 2 is 2.23 bits per heavy atom. The zero-order chi connectivity index (χ0) is 15.6. The van der Waals surface area contributed by atoms with E-state index in [1.165, 1.54) is 12.1 Å². The van der Waals surface area contributed by atoms with Crippen molar-refractivity contribution in [2.24, 2.45) is 0 Å². The third-order valence-electron chi connectivity index (χ3n) is 4.13. The second-order valence-electron chi connectivity index (χ2n) is 5.48. The number of hydrogen-bond acceptors (Lipinski definition) is 4. The van der Waals surface area contributed by atoms with Crippen molar-refractivity contribution in [2.75, 3.05) is 20.2 Å². The van der Waals surface area contributed by atoms with Crippen molar-refractivity contribution in [1.82, 2.24) is 20.6 Å². The molecule has 0 atom stereocenters. The molecule has 3 N–H and O–H groups in total. The van der Waals surface area contributed by atoms with Gasteiger partial charge in [-0.15, -0.1) is 0 Å². The zero-order valence-corrected chi connectivity index (χ0v) is 12.4. The lowest BCUT2D eigenvalue weighted by molar-refractivity contribution is -0.146. The Bertz CT molecular complexity index is 679. The van der Waals surface area contributed by atoms with Gasteiger partial charge in [0.2, 0.25) is 0 Å². The van der Waals surface area contributed by atoms with Gasteiger partial charge in [0.1, 0.15) is 17.2 Å². The Kier molecular flexibility index (Phi) is 4.08. The smallest absolute Gasteiger partial charge is 0.252 e. The van der Waals surface area contributed by atoms with E-state index in [1.807, 2.05) is 0 Å². The summed E-state index contributed by atoms with van der Waals surface area (Å²) in [4.78, 5) is 19.8. The standard InChI is InChI=1S/C15H19FN4O2/c1-22-15(4-6-17-7-5-15)14(21)18-9-13-19-11-3-2-10(16)8-12(11)20-13/h2-3,8,17H,4-7,9H2,1H3,(H,18,21)(H,19,20). The molecule has 1 amide bonds. The van der Waals surface area contributed by atoms with Gasteiger partial charge in [-0.25, -0.2) is 9.37 Å². The molecule has 6 nitrogen and oxygen atoms in total. The van der Waals surface area contributed by atoms with Gasteiger partial charge in [0, 0.05) is 7.11 Å². The number of nitrogens with one attached hydrogen (secondary N) is 3. The van der Waals surface area contributed by atoms with E-state index in [1.54, 1.807) is 13.2 Å². The predicted octanol–water partition coefficient (Wildman–Crippen LogP) is 1.09. The summed E-state index contributed by atoms with van der Waals surface area (Å²) >= 11 is 0. The van der Waals surface area contributed by atoms with Crippen molar-refractivity contribution in [2.45, 2.75) is 25.0 Å². The fraction of sp³-hybridized carbons (Fsp3) is 0.467. The summed E-state index contributed by atoms with van der Waals surface area (Å²) in [5.74, 6) is 0.136. The van der Waals surface area contributed by atoms with E-state index in [4.69, 9.17) is 4.74 Å². The van der Waals surface area contributed by atoms with Crippen molar-refractivity contribution in [3.05, 3.63) is 29.8 Å². The highest BCUT2D eigenvalue weighted by molar-refractivity contribution is 5.85. The first-order chi connectivity index (χ1) is 10.6. The van der Waals surface area contributed by atoms with Gasteiger partial charge in [-0.3, -0.25) is 4.79 Å². The van der Waals surface area contributed by atoms with Crippen LogP contribution in [0.5, 0.6) is 0 Å². The summed E-state index contributed by atoms with van der Waals surface area (Å²) in [6, 6.07) is 4.35. The molecular weight excluding hydrogens is 287 g/mol. The normalized spacial score (nSPS) is 17.5. The van der Waals surface area contributed by atoms with Gasteiger partial charge >= 0.3 is 0 Å². The second kappa shape index (κ2) is 6.02. The average Bonchev–Trinajstić information content (AvgIpc) is 2.95. The number of amides is 1. The molecule has 1 saturated heterocycles. The summed E-state index contributed by atoms with van der Waals surface area (Å²) in [5, 5.41) is 6.07. The first-order valence-corrected chi connectivity index (χ1v) is 7.31. The lowest BCUT2D eigenvalue weighted by Crippen LogP contribution is -2.54. The Hall–Kier alpha value is -1.99. The van der Waals surface area contributed by atoms with E-state index in [9.17, 15) is 9.18 Å². The minimum Gasteiger partial charge on any atom is -0.368 e. The lowest BCUT2D eigenvalue weighted by Gasteiger charge is -2.34. The van der Waals surface area contributed by atoms with Crippen molar-refractivity contribution >= 4 is 16.9 Å². The van der Waals surface area contributed by atoms with Gasteiger partial charge in [-0.2, -0.15) is 0 Å². The van der Waals surface area contributed by atoms with E-state index in [2.05, 4.69) is 20.6 Å². The quantitative estimate of drug-likeness (QED) is 0.790. The first kappa shape index (κ1) is 14.9. The third kappa shape index (κ3) is 2.82. The number of nitrogens with zero attached hydrogens (tertiary/aromatic N) is 1. The molecule has 1 aromatic heterocycles. The molecule has 0 radical (unpaired) electrons. The Balaban J connectivity index is 1.68. The molecule has 0 aliphatic carbocycles. The molecule has 2 heterocycles. The highest BCUT2D eigenvalue weighted by Crippen LogP contribution is 2.22. The number of fused-ring (bicyclic) bond motifs is 1. The number of ether oxygens (including phenoxy) is 1. The SMILES string of the molecule is COC1(C(=O)NCc2nc3ccc(F)cc3[nH]2)CCNCC1. The van der Waals surface area contributed by atoms with E-state index < -0.39 is 5.60 Å². The fourth-order valence-corrected chi connectivity index (χ4v) is 2.80. The van der Waals surface area contributed by atoms with Crippen molar-refractivity contribution in [3.63, 3.8) is 0 Å². The molecule has 22 heavy (non-hydrogen) atoms. The maximum Gasteiger partial charge on any atom is 0.252 e. The molecule has 3 rings (SSSR count). The highest BCUT2D eigenvalue weighted by Gasteiger charge is 2.39. The number of aromatic nitrogens is 2. The molecule has 7 heteroatoms. The number of hydrogen-bond donors (Lipinski definition) is 3. The number of aromatic amines is 1. The van der Waals surface area contributed by atoms with Crippen LogP contribution in [0.15, 0.2) is 18.2 Å². The molecule has 1 aromatic carbocycles. The summed E-state index contributed by atoms with van der Waals surface area (Å²) in [6.07, 6.45) is 1.28. The molecule has 0 saturated carbocycles. The van der Waals surface area contributed by atoms with Gasteiger partial charge in [0.15, 0.2) is 0 Å². The lowest BCUT2D eigenvalue weighted by atomic mass is 9.91. The number of methoxy groups -OCH3 is 1. The van der Waals surface area contributed by atoms with Gasteiger partial charge in [0.05, 0.1) is 17.6 Å². The van der Waals surface area contributed by atoms with Crippen LogP contribution >= 0.6 is 0 Å². The molecule has 0 unspecified atom stereocenters. The second-order valence-corrected chi connectivity index (χ2v) is 5.48. The molecule has 1 aliphatic heterocycles. The Morgan fingerprint density at radius 3 is 2.95 bits per heavy atom. The number of rotatable bonds is 4. The summed E-state index contributed by atoms with van der Waals surface area (Å²) in [6.45, 7) is 1.77. The van der Waals surface area contributed by atoms with E-state index >= 15 is 0 Å². The summed E-state index contributed by atoms with van der Waals surface area (Å²) < 4.78 is 18.6. The van der Waals surface area contributed by atoms with E-state index in [0.717, 1.165) is 13.1 Å². The van der Waals surface area contributed by atoms with Gasteiger partial charge in [-0.05, 0) is 44.1 Å². The van der Waals surface area contributed by atoms with Crippen LogP contribution in [0.1, 0.15) is 18.7 Å². The highest BCUT2D eigenvalue weighted by atomic mass is 19.1.